The summed E-state index contributed by atoms with van der Waals surface area (Å²) in [5.41, 5.74) is 1.50. The van der Waals surface area contributed by atoms with Gasteiger partial charge in [-0.05, 0) is 18.6 Å². The van der Waals surface area contributed by atoms with E-state index in [4.69, 9.17) is 16.7 Å². The van der Waals surface area contributed by atoms with Crippen molar-refractivity contribution in [3.05, 3.63) is 38.5 Å². The molecule has 1 aromatic heterocycles. The van der Waals surface area contributed by atoms with Crippen molar-refractivity contribution in [2.75, 3.05) is 0 Å². The smallest absolute Gasteiger partial charge is 0.307 e. The molecule has 94 valence electrons. The predicted octanol–water partition coefficient (Wildman–Crippen LogP) is 2.67. The molecule has 1 heterocycles. The lowest BCUT2D eigenvalue weighted by molar-refractivity contribution is -0.384. The highest BCUT2D eigenvalue weighted by Gasteiger charge is 2.21. The number of fused-ring (bicyclic) bond motifs is 1. The summed E-state index contributed by atoms with van der Waals surface area (Å²) in [5.74, 6) is -1.01. The lowest BCUT2D eigenvalue weighted by Gasteiger charge is -2.00. The summed E-state index contributed by atoms with van der Waals surface area (Å²) in [6, 6.07) is 2.82. The van der Waals surface area contributed by atoms with E-state index in [1.807, 2.05) is 0 Å². The van der Waals surface area contributed by atoms with Crippen molar-refractivity contribution in [3.63, 3.8) is 0 Å². The number of hydrogen-bond donors (Lipinski definition) is 2. The normalized spacial score (nSPS) is 10.8. The van der Waals surface area contributed by atoms with Gasteiger partial charge < -0.3 is 10.1 Å². The first-order valence-corrected chi connectivity index (χ1v) is 5.45. The fourth-order valence-corrected chi connectivity index (χ4v) is 2.29. The fraction of sp³-hybridized carbons (Fsp3) is 0.182. The second-order valence-electron chi connectivity index (χ2n) is 3.88. The Labute approximate surface area is 106 Å². The van der Waals surface area contributed by atoms with Gasteiger partial charge in [0.15, 0.2) is 0 Å². The number of aromatic amines is 1. The molecule has 0 saturated carbocycles. The van der Waals surface area contributed by atoms with Crippen LogP contribution in [0.15, 0.2) is 12.1 Å². The number of nitro groups is 1. The second kappa shape index (κ2) is 4.30. The van der Waals surface area contributed by atoms with Gasteiger partial charge in [0, 0.05) is 22.7 Å². The number of rotatable bonds is 3. The topological polar surface area (TPSA) is 96.2 Å². The minimum atomic E-state index is -1.01. The monoisotopic (exact) mass is 268 g/mol. The van der Waals surface area contributed by atoms with Gasteiger partial charge in [-0.2, -0.15) is 0 Å². The van der Waals surface area contributed by atoms with E-state index in [1.54, 1.807) is 6.92 Å². The van der Waals surface area contributed by atoms with Crippen LogP contribution in [-0.4, -0.2) is 21.0 Å². The standard InChI is InChI=1S/C11H9ClN2O4/c1-5-6(4-9(15)16)10-7(13-5)2-3-8(11(10)12)14(17)18/h2-3,13H,4H2,1H3,(H,15,16). The number of nitrogens with zero attached hydrogens (tertiary/aromatic N) is 1. The molecule has 2 N–H and O–H groups in total. The molecule has 1 aromatic carbocycles. The van der Waals surface area contributed by atoms with E-state index in [9.17, 15) is 14.9 Å². The average molecular weight is 269 g/mol. The van der Waals surface area contributed by atoms with Gasteiger partial charge in [0.2, 0.25) is 0 Å². The maximum Gasteiger partial charge on any atom is 0.307 e. The summed E-state index contributed by atoms with van der Waals surface area (Å²) in [6.45, 7) is 1.71. The van der Waals surface area contributed by atoms with Gasteiger partial charge in [0.25, 0.3) is 5.69 Å². The van der Waals surface area contributed by atoms with Crippen LogP contribution in [0.25, 0.3) is 10.9 Å². The number of halogens is 1. The third-order valence-corrected chi connectivity index (χ3v) is 3.11. The van der Waals surface area contributed by atoms with Crippen molar-refractivity contribution >= 4 is 34.2 Å². The molecule has 18 heavy (non-hydrogen) atoms. The number of carboxylic acids is 1. The summed E-state index contributed by atoms with van der Waals surface area (Å²) in [4.78, 5) is 24.0. The highest BCUT2D eigenvalue weighted by Crippen LogP contribution is 2.36. The van der Waals surface area contributed by atoms with Crippen LogP contribution in [0.2, 0.25) is 5.02 Å². The van der Waals surface area contributed by atoms with E-state index in [1.165, 1.54) is 12.1 Å². The molecule has 0 aliphatic carbocycles. The van der Waals surface area contributed by atoms with Gasteiger partial charge in [-0.25, -0.2) is 0 Å². The Kier molecular flexibility index (Phi) is 2.96. The van der Waals surface area contributed by atoms with Crippen LogP contribution in [0.3, 0.4) is 0 Å². The zero-order chi connectivity index (χ0) is 13.4. The molecule has 0 unspecified atom stereocenters. The summed E-state index contributed by atoms with van der Waals surface area (Å²) >= 11 is 5.98. The van der Waals surface area contributed by atoms with E-state index >= 15 is 0 Å². The Bertz CT molecular complexity index is 663. The molecule has 0 radical (unpaired) electrons. The number of carboxylic acid groups (broad SMARTS) is 1. The van der Waals surface area contributed by atoms with E-state index < -0.39 is 10.9 Å². The van der Waals surface area contributed by atoms with Crippen LogP contribution in [0, 0.1) is 17.0 Å². The van der Waals surface area contributed by atoms with Crippen molar-refractivity contribution in [1.29, 1.82) is 0 Å². The average Bonchev–Trinajstić information content (AvgIpc) is 2.55. The summed E-state index contributed by atoms with van der Waals surface area (Å²) < 4.78 is 0. The number of hydrogen-bond acceptors (Lipinski definition) is 3. The molecule has 0 saturated heterocycles. The van der Waals surface area contributed by atoms with E-state index in [0.717, 1.165) is 0 Å². The van der Waals surface area contributed by atoms with Crippen molar-refractivity contribution in [1.82, 2.24) is 4.98 Å². The molecule has 2 rings (SSSR count). The number of nitro benzene ring substituents is 1. The Morgan fingerprint density at radius 3 is 2.78 bits per heavy atom. The van der Waals surface area contributed by atoms with Crippen LogP contribution < -0.4 is 0 Å². The minimum absolute atomic E-state index is 0.0295. The van der Waals surface area contributed by atoms with E-state index in [2.05, 4.69) is 4.98 Å². The summed E-state index contributed by atoms with van der Waals surface area (Å²) in [5, 5.41) is 20.0. The lowest BCUT2D eigenvalue weighted by Crippen LogP contribution is -2.01. The van der Waals surface area contributed by atoms with Gasteiger partial charge in [0.05, 0.1) is 11.3 Å². The number of aliphatic carboxylic acids is 1. The minimum Gasteiger partial charge on any atom is -0.481 e. The van der Waals surface area contributed by atoms with Crippen molar-refractivity contribution < 1.29 is 14.8 Å². The summed E-state index contributed by atoms with van der Waals surface area (Å²) in [7, 11) is 0. The Balaban J connectivity index is 2.77. The lowest BCUT2D eigenvalue weighted by atomic mass is 10.1. The van der Waals surface area contributed by atoms with Crippen molar-refractivity contribution in [2.45, 2.75) is 13.3 Å². The zero-order valence-electron chi connectivity index (χ0n) is 9.36. The van der Waals surface area contributed by atoms with Gasteiger partial charge in [-0.15, -0.1) is 0 Å². The number of H-pyrrole nitrogens is 1. The SMILES string of the molecule is Cc1[nH]c2ccc([N+](=O)[O-])c(Cl)c2c1CC(=O)O. The highest BCUT2D eigenvalue weighted by molar-refractivity contribution is 6.38. The number of aromatic nitrogens is 1. The van der Waals surface area contributed by atoms with Gasteiger partial charge in [-0.1, -0.05) is 11.6 Å². The maximum atomic E-state index is 10.8. The Morgan fingerprint density at radius 1 is 1.56 bits per heavy atom. The maximum absolute atomic E-state index is 10.8. The van der Waals surface area contributed by atoms with Crippen molar-refractivity contribution in [2.24, 2.45) is 0 Å². The predicted molar refractivity (Wildman–Crippen MR) is 66.0 cm³/mol. The molecule has 0 aliphatic heterocycles. The molecule has 0 atom stereocenters. The molecule has 0 fully saturated rings. The first-order valence-electron chi connectivity index (χ1n) is 5.07. The van der Waals surface area contributed by atoms with Crippen LogP contribution in [-0.2, 0) is 11.2 Å². The molecule has 0 amide bonds. The molecule has 0 bridgehead atoms. The molecular formula is C11H9ClN2O4. The number of benzene rings is 1. The first-order chi connectivity index (χ1) is 8.41. The third-order valence-electron chi connectivity index (χ3n) is 2.72. The van der Waals surface area contributed by atoms with E-state index in [-0.39, 0.29) is 17.1 Å². The number of nitrogens with one attached hydrogen (secondary N) is 1. The molecule has 7 heteroatoms. The van der Waals surface area contributed by atoms with Gasteiger partial charge >= 0.3 is 5.97 Å². The molecule has 6 nitrogen and oxygen atoms in total. The summed E-state index contributed by atoms with van der Waals surface area (Å²) in [6.07, 6.45) is -0.229. The number of carbonyl (C=O) groups is 1. The zero-order valence-corrected chi connectivity index (χ0v) is 10.1. The molecular weight excluding hydrogens is 260 g/mol. The highest BCUT2D eigenvalue weighted by atomic mass is 35.5. The Hall–Kier alpha value is -2.08. The van der Waals surface area contributed by atoms with Crippen LogP contribution in [0.5, 0.6) is 0 Å². The first kappa shape index (κ1) is 12.4. The molecule has 0 aliphatic rings. The van der Waals surface area contributed by atoms with E-state index in [0.29, 0.717) is 22.2 Å². The van der Waals surface area contributed by atoms with Gasteiger partial charge in [-0.3, -0.25) is 14.9 Å². The van der Waals surface area contributed by atoms with Crippen LogP contribution in [0.1, 0.15) is 11.3 Å². The molecule has 2 aromatic rings. The quantitative estimate of drug-likeness (QED) is 0.660. The van der Waals surface area contributed by atoms with Crippen molar-refractivity contribution in [3.8, 4) is 0 Å². The van der Waals surface area contributed by atoms with Crippen LogP contribution >= 0.6 is 11.6 Å². The Morgan fingerprint density at radius 2 is 2.22 bits per heavy atom. The largest absolute Gasteiger partial charge is 0.481 e. The van der Waals surface area contributed by atoms with Gasteiger partial charge in [0.1, 0.15) is 5.02 Å². The fourth-order valence-electron chi connectivity index (χ4n) is 1.94. The second-order valence-corrected chi connectivity index (χ2v) is 4.26. The third kappa shape index (κ3) is 1.91. The number of aryl methyl sites for hydroxylation is 1. The van der Waals surface area contributed by atoms with Crippen LogP contribution in [0.4, 0.5) is 5.69 Å². The molecule has 0 spiro atoms.